The SMILES string of the molecule is CCOc1cc(C(Nc2ccc(C(=N)N)cc2)C(=O)NNC(=O)c2cnccc2N2CCOCC2)ccc1OC(C)C. The molecule has 1 fully saturated rings. The van der Waals surface area contributed by atoms with E-state index in [0.29, 0.717) is 72.5 Å². The van der Waals surface area contributed by atoms with Crippen molar-refractivity contribution in [1.29, 1.82) is 5.41 Å². The quantitative estimate of drug-likeness (QED) is 0.131. The van der Waals surface area contributed by atoms with E-state index in [1.165, 1.54) is 6.20 Å². The second-order valence-electron chi connectivity index (χ2n) is 9.81. The molecule has 0 spiro atoms. The van der Waals surface area contributed by atoms with Crippen LogP contribution in [0.4, 0.5) is 11.4 Å². The summed E-state index contributed by atoms with van der Waals surface area (Å²) in [5, 5.41) is 10.9. The number of nitrogens with one attached hydrogen (secondary N) is 4. The third kappa shape index (κ3) is 7.67. The number of rotatable bonds is 11. The highest BCUT2D eigenvalue weighted by Crippen LogP contribution is 2.33. The van der Waals surface area contributed by atoms with Crippen LogP contribution >= 0.6 is 0 Å². The van der Waals surface area contributed by atoms with Gasteiger partial charge >= 0.3 is 0 Å². The zero-order chi connectivity index (χ0) is 30.1. The van der Waals surface area contributed by atoms with Gasteiger partial charge in [0.05, 0.1) is 37.2 Å². The molecule has 1 aliphatic heterocycles. The van der Waals surface area contributed by atoms with E-state index in [1.807, 2.05) is 25.7 Å². The van der Waals surface area contributed by atoms with Crippen LogP contribution in [0.3, 0.4) is 0 Å². The second kappa shape index (κ2) is 14.2. The van der Waals surface area contributed by atoms with Crippen LogP contribution in [0, 0.1) is 5.41 Å². The minimum Gasteiger partial charge on any atom is -0.490 e. The summed E-state index contributed by atoms with van der Waals surface area (Å²) in [5.41, 5.74) is 13.5. The van der Waals surface area contributed by atoms with E-state index in [0.717, 1.165) is 0 Å². The Morgan fingerprint density at radius 2 is 1.81 bits per heavy atom. The fraction of sp³-hybridized carbons (Fsp3) is 0.333. The number of carbonyl (C=O) groups excluding carboxylic acids is 2. The predicted octanol–water partition coefficient (Wildman–Crippen LogP) is 3.00. The van der Waals surface area contributed by atoms with Gasteiger partial charge in [-0.05, 0) is 68.8 Å². The Balaban J connectivity index is 1.58. The molecular weight excluding hydrogens is 538 g/mol. The molecule has 1 atom stereocenters. The number of aromatic nitrogens is 1. The molecule has 1 aliphatic rings. The van der Waals surface area contributed by atoms with Crippen LogP contribution in [-0.4, -0.2) is 61.6 Å². The van der Waals surface area contributed by atoms with Gasteiger partial charge in [0.2, 0.25) is 0 Å². The van der Waals surface area contributed by atoms with E-state index in [1.54, 1.807) is 54.7 Å². The van der Waals surface area contributed by atoms with Crippen molar-refractivity contribution in [2.75, 3.05) is 43.1 Å². The van der Waals surface area contributed by atoms with Crippen molar-refractivity contribution in [2.45, 2.75) is 32.9 Å². The maximum absolute atomic E-state index is 13.6. The summed E-state index contributed by atoms with van der Waals surface area (Å²) in [6.07, 6.45) is 3.03. The predicted molar refractivity (Wildman–Crippen MR) is 160 cm³/mol. The van der Waals surface area contributed by atoms with E-state index in [-0.39, 0.29) is 11.9 Å². The Labute approximate surface area is 245 Å². The number of ether oxygens (including phenoxy) is 3. The van der Waals surface area contributed by atoms with Gasteiger partial charge in [0.25, 0.3) is 11.8 Å². The largest absolute Gasteiger partial charge is 0.490 e. The molecule has 3 aromatic rings. The van der Waals surface area contributed by atoms with Crippen LogP contribution in [0.25, 0.3) is 0 Å². The number of morpholine rings is 1. The lowest BCUT2D eigenvalue weighted by Crippen LogP contribution is -2.46. The number of amidine groups is 1. The molecule has 42 heavy (non-hydrogen) atoms. The molecule has 4 rings (SSSR count). The number of anilines is 2. The van der Waals surface area contributed by atoms with Crippen molar-refractivity contribution in [3.05, 3.63) is 77.6 Å². The van der Waals surface area contributed by atoms with E-state index >= 15 is 0 Å². The van der Waals surface area contributed by atoms with Crippen molar-refractivity contribution in [2.24, 2.45) is 5.73 Å². The third-order valence-electron chi connectivity index (χ3n) is 6.43. The smallest absolute Gasteiger partial charge is 0.273 e. The summed E-state index contributed by atoms with van der Waals surface area (Å²) in [7, 11) is 0. The maximum Gasteiger partial charge on any atom is 0.273 e. The van der Waals surface area contributed by atoms with Crippen molar-refractivity contribution in [3.8, 4) is 11.5 Å². The first kappa shape index (κ1) is 30.1. The molecule has 1 aromatic heterocycles. The Hall–Kier alpha value is -4.84. The minimum absolute atomic E-state index is 0.0625. The van der Waals surface area contributed by atoms with Gasteiger partial charge in [-0.25, -0.2) is 0 Å². The Bertz CT molecular complexity index is 1390. The molecule has 0 radical (unpaired) electrons. The summed E-state index contributed by atoms with van der Waals surface area (Å²) in [4.78, 5) is 33.0. The second-order valence-corrected chi connectivity index (χ2v) is 9.81. The molecule has 12 heteroatoms. The standard InChI is InChI=1S/C30H37N7O5/c1-4-41-26-17-21(7-10-25(26)42-19(2)3)27(34-22-8-5-20(6-9-22)28(31)32)30(39)36-35-29(38)23-18-33-12-11-24(23)37-13-15-40-16-14-37/h5-12,17-19,27,34H,4,13-16H2,1-3H3,(H3,31,32)(H,35,38)(H,36,39). The highest BCUT2D eigenvalue weighted by Gasteiger charge is 2.25. The number of carbonyl (C=O) groups is 2. The molecule has 1 unspecified atom stereocenters. The molecule has 2 amide bonds. The Morgan fingerprint density at radius 3 is 2.48 bits per heavy atom. The lowest BCUT2D eigenvalue weighted by atomic mass is 10.0. The zero-order valence-electron chi connectivity index (χ0n) is 24.0. The number of benzene rings is 2. The van der Waals surface area contributed by atoms with Crippen LogP contribution in [-0.2, 0) is 9.53 Å². The monoisotopic (exact) mass is 575 g/mol. The molecule has 0 aliphatic carbocycles. The van der Waals surface area contributed by atoms with Crippen LogP contribution in [0.2, 0.25) is 0 Å². The first-order chi connectivity index (χ1) is 20.3. The Kier molecular flexibility index (Phi) is 10.2. The molecule has 1 saturated heterocycles. The molecule has 2 aromatic carbocycles. The van der Waals surface area contributed by atoms with Crippen molar-refractivity contribution in [3.63, 3.8) is 0 Å². The molecule has 2 heterocycles. The molecular formula is C30H37N7O5. The first-order valence-corrected chi connectivity index (χ1v) is 13.8. The minimum atomic E-state index is -0.937. The summed E-state index contributed by atoms with van der Waals surface area (Å²) < 4.78 is 17.1. The first-order valence-electron chi connectivity index (χ1n) is 13.8. The molecule has 6 N–H and O–H groups in total. The summed E-state index contributed by atoms with van der Waals surface area (Å²) >= 11 is 0. The summed E-state index contributed by atoms with van der Waals surface area (Å²) in [6.45, 7) is 8.51. The molecule has 0 bridgehead atoms. The number of nitrogens with two attached hydrogens (primary N) is 1. The Morgan fingerprint density at radius 1 is 1.07 bits per heavy atom. The van der Waals surface area contributed by atoms with Crippen LogP contribution in [0.5, 0.6) is 11.5 Å². The highest BCUT2D eigenvalue weighted by molar-refractivity contribution is 6.01. The van der Waals surface area contributed by atoms with Gasteiger partial charge in [0.15, 0.2) is 11.5 Å². The highest BCUT2D eigenvalue weighted by atomic mass is 16.5. The number of pyridine rings is 1. The van der Waals surface area contributed by atoms with E-state index in [9.17, 15) is 9.59 Å². The van der Waals surface area contributed by atoms with Gasteiger partial charge in [-0.1, -0.05) is 6.07 Å². The van der Waals surface area contributed by atoms with Gasteiger partial charge in [0.1, 0.15) is 11.9 Å². The fourth-order valence-electron chi connectivity index (χ4n) is 4.44. The van der Waals surface area contributed by atoms with Crippen molar-refractivity contribution in [1.82, 2.24) is 15.8 Å². The van der Waals surface area contributed by atoms with E-state index < -0.39 is 17.9 Å². The summed E-state index contributed by atoms with van der Waals surface area (Å²) in [6, 6.07) is 12.9. The van der Waals surface area contributed by atoms with Crippen LogP contribution in [0.1, 0.15) is 48.3 Å². The number of nitrogens with zero attached hydrogens (tertiary/aromatic N) is 2. The average molecular weight is 576 g/mol. The van der Waals surface area contributed by atoms with E-state index in [4.69, 9.17) is 25.4 Å². The third-order valence-corrected chi connectivity index (χ3v) is 6.43. The lowest BCUT2D eigenvalue weighted by molar-refractivity contribution is -0.122. The van der Waals surface area contributed by atoms with Gasteiger partial charge in [-0.3, -0.25) is 30.8 Å². The molecule has 222 valence electrons. The maximum atomic E-state index is 13.6. The van der Waals surface area contributed by atoms with Crippen LogP contribution < -0.4 is 36.3 Å². The number of nitrogen functional groups attached to an aromatic ring is 1. The van der Waals surface area contributed by atoms with Gasteiger partial charge in [-0.15, -0.1) is 0 Å². The number of hydrogen-bond donors (Lipinski definition) is 5. The van der Waals surface area contributed by atoms with Gasteiger partial charge in [-0.2, -0.15) is 0 Å². The normalized spacial score (nSPS) is 13.7. The summed E-state index contributed by atoms with van der Waals surface area (Å²) in [5.74, 6) is -0.0349. The van der Waals surface area contributed by atoms with Gasteiger partial charge in [0, 0.05) is 36.7 Å². The fourth-order valence-corrected chi connectivity index (χ4v) is 4.44. The van der Waals surface area contributed by atoms with Gasteiger partial charge < -0.3 is 30.2 Å². The molecule has 0 saturated carbocycles. The van der Waals surface area contributed by atoms with Crippen LogP contribution in [0.15, 0.2) is 60.9 Å². The molecule has 12 nitrogen and oxygen atoms in total. The lowest BCUT2D eigenvalue weighted by Gasteiger charge is -2.30. The topological polar surface area (TPSA) is 164 Å². The number of hydrazine groups is 1. The zero-order valence-corrected chi connectivity index (χ0v) is 24.0. The number of amides is 2. The number of hydrogen-bond acceptors (Lipinski definition) is 9. The van der Waals surface area contributed by atoms with Crippen molar-refractivity contribution >= 4 is 29.0 Å². The van der Waals surface area contributed by atoms with Crippen molar-refractivity contribution < 1.29 is 23.8 Å². The average Bonchev–Trinajstić information content (AvgIpc) is 3.00. The van der Waals surface area contributed by atoms with E-state index in [2.05, 4.69) is 21.2 Å².